The number of hydrogen-bond acceptors (Lipinski definition) is 4. The highest BCUT2D eigenvalue weighted by Gasteiger charge is 2.13. The van der Waals surface area contributed by atoms with E-state index in [1.54, 1.807) is 0 Å². The Hall–Kier alpha value is -1.42. The summed E-state index contributed by atoms with van der Waals surface area (Å²) in [5.41, 5.74) is 10.3. The van der Waals surface area contributed by atoms with Crippen molar-refractivity contribution in [2.24, 2.45) is 5.73 Å². The molecular weight excluding hydrogens is 178 g/mol. The first-order valence-electron chi connectivity index (χ1n) is 4.57. The van der Waals surface area contributed by atoms with Gasteiger partial charge in [-0.2, -0.15) is 0 Å². The molecule has 0 unspecified atom stereocenters. The molecule has 2 aromatic heterocycles. The molecule has 0 aliphatic carbocycles. The first kappa shape index (κ1) is 9.15. The molecule has 0 saturated carbocycles. The number of fused-ring (bicyclic) bond motifs is 1. The van der Waals surface area contributed by atoms with Gasteiger partial charge >= 0.3 is 0 Å². The van der Waals surface area contributed by atoms with Gasteiger partial charge in [0.25, 0.3) is 5.71 Å². The van der Waals surface area contributed by atoms with E-state index in [1.165, 1.54) is 0 Å². The lowest BCUT2D eigenvalue weighted by molar-refractivity contribution is 0.442. The number of pyridine rings is 1. The molecule has 0 bridgehead atoms. The van der Waals surface area contributed by atoms with Gasteiger partial charge < -0.3 is 10.3 Å². The second-order valence-electron chi connectivity index (χ2n) is 3.45. The number of aromatic nitrogens is 2. The lowest BCUT2D eigenvalue weighted by atomic mass is 10.0. The lowest BCUT2D eigenvalue weighted by Crippen LogP contribution is -2.04. The molecule has 0 fully saturated rings. The molecule has 2 aromatic rings. The minimum absolute atomic E-state index is 0.505. The minimum Gasteiger partial charge on any atom is -0.336 e. The van der Waals surface area contributed by atoms with E-state index in [0.717, 1.165) is 27.9 Å². The highest BCUT2D eigenvalue weighted by atomic mass is 16.5. The molecule has 2 rings (SSSR count). The van der Waals surface area contributed by atoms with Crippen LogP contribution in [0.1, 0.15) is 22.5 Å². The van der Waals surface area contributed by atoms with E-state index >= 15 is 0 Å². The van der Waals surface area contributed by atoms with E-state index < -0.39 is 0 Å². The number of nitrogens with two attached hydrogens (primary N) is 1. The zero-order chi connectivity index (χ0) is 10.3. The van der Waals surface area contributed by atoms with Gasteiger partial charge in [0.2, 0.25) is 0 Å². The van der Waals surface area contributed by atoms with Crippen molar-refractivity contribution in [3.8, 4) is 0 Å². The van der Waals surface area contributed by atoms with Crippen molar-refractivity contribution in [2.45, 2.75) is 27.3 Å². The zero-order valence-corrected chi connectivity index (χ0v) is 8.59. The Morgan fingerprint density at radius 1 is 1.21 bits per heavy atom. The van der Waals surface area contributed by atoms with Gasteiger partial charge in [-0.1, -0.05) is 5.16 Å². The van der Waals surface area contributed by atoms with E-state index in [1.807, 2.05) is 20.8 Å². The topological polar surface area (TPSA) is 64.9 Å². The fraction of sp³-hybridized carbons (Fsp3) is 0.400. The van der Waals surface area contributed by atoms with E-state index in [9.17, 15) is 0 Å². The van der Waals surface area contributed by atoms with Gasteiger partial charge in [-0.3, -0.25) is 0 Å². The third-order valence-electron chi connectivity index (χ3n) is 2.58. The van der Waals surface area contributed by atoms with Gasteiger partial charge in [0.05, 0.1) is 11.1 Å². The molecule has 0 aliphatic rings. The van der Waals surface area contributed by atoms with Gasteiger partial charge in [-0.25, -0.2) is 4.98 Å². The highest BCUT2D eigenvalue weighted by Crippen LogP contribution is 2.24. The summed E-state index contributed by atoms with van der Waals surface area (Å²) < 4.78 is 5.11. The third kappa shape index (κ3) is 1.11. The monoisotopic (exact) mass is 191 g/mol. The van der Waals surface area contributed by atoms with E-state index in [-0.39, 0.29) is 0 Å². The smallest absolute Gasteiger partial charge is 0.258 e. The number of aryl methyl sites for hydroxylation is 3. The lowest BCUT2D eigenvalue weighted by Gasteiger charge is -2.06. The Labute approximate surface area is 82.1 Å². The minimum atomic E-state index is 0.505. The van der Waals surface area contributed by atoms with E-state index in [4.69, 9.17) is 10.3 Å². The van der Waals surface area contributed by atoms with Gasteiger partial charge in [0.1, 0.15) is 0 Å². The highest BCUT2D eigenvalue weighted by molar-refractivity contribution is 5.81. The Morgan fingerprint density at radius 3 is 2.57 bits per heavy atom. The second-order valence-corrected chi connectivity index (χ2v) is 3.45. The van der Waals surface area contributed by atoms with E-state index in [2.05, 4.69) is 10.1 Å². The molecule has 0 amide bonds. The maximum atomic E-state index is 5.67. The van der Waals surface area contributed by atoms with Crippen molar-refractivity contribution in [3.05, 3.63) is 22.5 Å². The number of nitrogens with zero attached hydrogens (tertiary/aromatic N) is 2. The summed E-state index contributed by atoms with van der Waals surface area (Å²) >= 11 is 0. The first-order chi connectivity index (χ1) is 6.65. The van der Waals surface area contributed by atoms with Gasteiger partial charge in [-0.15, -0.1) is 0 Å². The molecule has 4 heteroatoms. The summed E-state index contributed by atoms with van der Waals surface area (Å²) in [7, 11) is 0. The predicted molar refractivity (Wildman–Crippen MR) is 53.9 cm³/mol. The van der Waals surface area contributed by atoms with Crippen LogP contribution in [0.3, 0.4) is 0 Å². The Bertz CT molecular complexity index is 488. The Balaban J connectivity index is 2.89. The Morgan fingerprint density at radius 2 is 1.93 bits per heavy atom. The SMILES string of the molecule is Cc1nc2onc(C)c2c(C)c1CN. The van der Waals surface area contributed by atoms with Gasteiger partial charge in [-0.05, 0) is 31.9 Å². The van der Waals surface area contributed by atoms with Crippen LogP contribution >= 0.6 is 0 Å². The normalized spacial score (nSPS) is 11.1. The first-order valence-corrected chi connectivity index (χ1v) is 4.57. The molecule has 0 aromatic carbocycles. The summed E-state index contributed by atoms with van der Waals surface area (Å²) in [4.78, 5) is 4.32. The van der Waals surface area contributed by atoms with Crippen molar-refractivity contribution in [1.29, 1.82) is 0 Å². The molecule has 74 valence electrons. The maximum Gasteiger partial charge on any atom is 0.258 e. The third-order valence-corrected chi connectivity index (χ3v) is 2.58. The van der Waals surface area contributed by atoms with Crippen molar-refractivity contribution in [3.63, 3.8) is 0 Å². The predicted octanol–water partition coefficient (Wildman–Crippen LogP) is 1.61. The van der Waals surface area contributed by atoms with Gasteiger partial charge in [0.15, 0.2) is 0 Å². The average molecular weight is 191 g/mol. The van der Waals surface area contributed by atoms with Crippen molar-refractivity contribution < 1.29 is 4.52 Å². The zero-order valence-electron chi connectivity index (χ0n) is 8.59. The molecule has 0 saturated heterocycles. The molecule has 14 heavy (non-hydrogen) atoms. The summed E-state index contributed by atoms with van der Waals surface area (Å²) in [6, 6.07) is 0. The fourth-order valence-electron chi connectivity index (χ4n) is 1.81. The Kier molecular flexibility index (Phi) is 2.00. The van der Waals surface area contributed by atoms with Crippen molar-refractivity contribution in [2.75, 3.05) is 0 Å². The van der Waals surface area contributed by atoms with Crippen LogP contribution in [0.15, 0.2) is 4.52 Å². The van der Waals surface area contributed by atoms with Crippen LogP contribution in [0.2, 0.25) is 0 Å². The molecule has 0 spiro atoms. The van der Waals surface area contributed by atoms with Crippen LogP contribution in [-0.2, 0) is 6.54 Å². The van der Waals surface area contributed by atoms with Crippen LogP contribution < -0.4 is 5.73 Å². The standard InChI is InChI=1S/C10H13N3O/c1-5-8(4-11)6(2)12-10-9(5)7(3)13-14-10/h4,11H2,1-3H3. The summed E-state index contributed by atoms with van der Waals surface area (Å²) in [6.45, 7) is 6.39. The van der Waals surface area contributed by atoms with Crippen LogP contribution in [0.25, 0.3) is 11.1 Å². The molecule has 0 aliphatic heterocycles. The van der Waals surface area contributed by atoms with Crippen LogP contribution in [0.5, 0.6) is 0 Å². The number of hydrogen-bond donors (Lipinski definition) is 1. The van der Waals surface area contributed by atoms with Crippen LogP contribution in [0.4, 0.5) is 0 Å². The largest absolute Gasteiger partial charge is 0.336 e. The van der Waals surface area contributed by atoms with Gasteiger partial charge in [0, 0.05) is 12.2 Å². The summed E-state index contributed by atoms with van der Waals surface area (Å²) in [5.74, 6) is 0. The second kappa shape index (κ2) is 3.06. The molecular formula is C10H13N3O. The summed E-state index contributed by atoms with van der Waals surface area (Å²) in [5, 5.41) is 4.89. The average Bonchev–Trinajstić information content (AvgIpc) is 2.48. The van der Waals surface area contributed by atoms with Crippen molar-refractivity contribution in [1.82, 2.24) is 10.1 Å². The van der Waals surface area contributed by atoms with Crippen LogP contribution in [-0.4, -0.2) is 10.1 Å². The molecule has 2 N–H and O–H groups in total. The summed E-state index contributed by atoms with van der Waals surface area (Å²) in [6.07, 6.45) is 0. The van der Waals surface area contributed by atoms with E-state index in [0.29, 0.717) is 12.3 Å². The molecule has 4 nitrogen and oxygen atoms in total. The fourth-order valence-corrected chi connectivity index (χ4v) is 1.81. The number of rotatable bonds is 1. The van der Waals surface area contributed by atoms with Crippen LogP contribution in [0, 0.1) is 20.8 Å². The van der Waals surface area contributed by atoms with Crippen molar-refractivity contribution >= 4 is 11.1 Å². The molecule has 2 heterocycles. The molecule has 0 radical (unpaired) electrons. The molecule has 0 atom stereocenters. The maximum absolute atomic E-state index is 5.67. The quantitative estimate of drug-likeness (QED) is 0.743.